The molecule has 192 valence electrons. The van der Waals surface area contributed by atoms with Gasteiger partial charge >= 0.3 is 5.97 Å². The van der Waals surface area contributed by atoms with Crippen molar-refractivity contribution >= 4 is 18.0 Å². The zero-order valence-corrected chi connectivity index (χ0v) is 21.4. The number of rotatable bonds is 6. The topological polar surface area (TPSA) is 81.1 Å². The molecule has 8 heteroatoms. The fraction of sp³-hybridized carbons (Fsp3) is 0.464. The van der Waals surface area contributed by atoms with Crippen LogP contribution in [0.25, 0.3) is 6.08 Å². The number of methoxy groups -OCH3 is 2. The van der Waals surface area contributed by atoms with Crippen LogP contribution in [0.3, 0.4) is 0 Å². The number of hydrogen-bond acceptors (Lipinski definition) is 6. The average molecular weight is 494 g/mol. The van der Waals surface area contributed by atoms with E-state index in [0.29, 0.717) is 50.3 Å². The highest BCUT2D eigenvalue weighted by Gasteiger charge is 2.36. The van der Waals surface area contributed by atoms with Gasteiger partial charge in [0.15, 0.2) is 0 Å². The molecule has 2 aliphatic rings. The van der Waals surface area contributed by atoms with E-state index in [1.165, 1.54) is 25.9 Å². The molecule has 1 aromatic carbocycles. The van der Waals surface area contributed by atoms with Crippen molar-refractivity contribution in [1.29, 1.82) is 0 Å². The Morgan fingerprint density at radius 1 is 1.06 bits per heavy atom. The second kappa shape index (κ2) is 11.6. The molecule has 0 spiro atoms. The number of nitrogens with zero attached hydrogens (tertiary/aromatic N) is 3. The highest BCUT2D eigenvalue weighted by atomic mass is 16.5. The molecule has 4 rings (SSSR count). The van der Waals surface area contributed by atoms with Crippen molar-refractivity contribution < 1.29 is 19.1 Å². The minimum absolute atomic E-state index is 0.181. The summed E-state index contributed by atoms with van der Waals surface area (Å²) in [6.07, 6.45) is 4.94. The predicted molar refractivity (Wildman–Crippen MR) is 138 cm³/mol. The van der Waals surface area contributed by atoms with Crippen molar-refractivity contribution in [2.24, 2.45) is 0 Å². The Morgan fingerprint density at radius 2 is 1.83 bits per heavy atom. The van der Waals surface area contributed by atoms with E-state index >= 15 is 0 Å². The van der Waals surface area contributed by atoms with Crippen LogP contribution in [-0.4, -0.2) is 72.7 Å². The van der Waals surface area contributed by atoms with Gasteiger partial charge in [-0.05, 0) is 31.7 Å². The molecule has 1 saturated heterocycles. The van der Waals surface area contributed by atoms with Crippen LogP contribution in [0.2, 0.25) is 0 Å². The number of piperidine rings is 1. The minimum atomic E-state index is -0.624. The number of esters is 1. The van der Waals surface area contributed by atoms with Gasteiger partial charge in [-0.25, -0.2) is 4.79 Å². The summed E-state index contributed by atoms with van der Waals surface area (Å²) < 4.78 is 12.2. The first kappa shape index (κ1) is 25.7. The maximum absolute atomic E-state index is 13.9. The van der Waals surface area contributed by atoms with Gasteiger partial charge < -0.3 is 18.9 Å². The van der Waals surface area contributed by atoms with Crippen LogP contribution in [0.4, 0.5) is 0 Å². The Bertz CT molecular complexity index is 1190. The Kier molecular flexibility index (Phi) is 8.25. The van der Waals surface area contributed by atoms with E-state index < -0.39 is 12.0 Å². The summed E-state index contributed by atoms with van der Waals surface area (Å²) in [6.45, 7) is 5.23. The smallest absolute Gasteiger partial charge is 0.328 e. The van der Waals surface area contributed by atoms with Crippen molar-refractivity contribution in [1.82, 2.24) is 14.4 Å². The number of likely N-dealkylation sites (tertiary alicyclic amines) is 1. The molecule has 0 bridgehead atoms. The van der Waals surface area contributed by atoms with Gasteiger partial charge in [-0.1, -0.05) is 42.0 Å². The Labute approximate surface area is 212 Å². The van der Waals surface area contributed by atoms with Crippen LogP contribution in [0.15, 0.2) is 46.8 Å². The molecule has 3 heterocycles. The van der Waals surface area contributed by atoms with Crippen LogP contribution in [0.5, 0.6) is 5.75 Å². The SMILES string of the molecule is COC(=O)C1CCCCN1C(=O)c1c(OC)cc(=O)n2c1CCN(CC(C)=Cc1ccccc1)CC2. The molecular weight excluding hydrogens is 458 g/mol. The lowest BCUT2D eigenvalue weighted by molar-refractivity contribution is -0.147. The number of hydrogen-bond donors (Lipinski definition) is 0. The van der Waals surface area contributed by atoms with E-state index in [2.05, 4.69) is 30.0 Å². The summed E-state index contributed by atoms with van der Waals surface area (Å²) in [4.78, 5) is 43.2. The molecule has 0 saturated carbocycles. The minimum Gasteiger partial charge on any atom is -0.496 e. The summed E-state index contributed by atoms with van der Waals surface area (Å²) >= 11 is 0. The van der Waals surface area contributed by atoms with E-state index in [-0.39, 0.29) is 17.2 Å². The number of pyridine rings is 1. The van der Waals surface area contributed by atoms with Gasteiger partial charge in [0.2, 0.25) is 0 Å². The molecule has 1 atom stereocenters. The highest BCUT2D eigenvalue weighted by Crippen LogP contribution is 2.28. The fourth-order valence-corrected chi connectivity index (χ4v) is 5.27. The van der Waals surface area contributed by atoms with Crippen LogP contribution in [0, 0.1) is 0 Å². The van der Waals surface area contributed by atoms with Gasteiger partial charge in [0.05, 0.1) is 14.2 Å². The molecule has 1 fully saturated rings. The third-order valence-corrected chi connectivity index (χ3v) is 7.04. The van der Waals surface area contributed by atoms with E-state index in [0.717, 1.165) is 24.9 Å². The number of benzene rings is 1. The third-order valence-electron chi connectivity index (χ3n) is 7.04. The first-order valence-corrected chi connectivity index (χ1v) is 12.6. The maximum Gasteiger partial charge on any atom is 0.328 e. The zero-order chi connectivity index (χ0) is 25.7. The highest BCUT2D eigenvalue weighted by molar-refractivity contribution is 6.00. The van der Waals surface area contributed by atoms with E-state index in [1.54, 1.807) is 9.47 Å². The van der Waals surface area contributed by atoms with Crippen LogP contribution in [-0.2, 0) is 22.5 Å². The lowest BCUT2D eigenvalue weighted by atomic mass is 9.99. The molecule has 0 aliphatic carbocycles. The molecule has 2 aliphatic heterocycles. The van der Waals surface area contributed by atoms with E-state index in [1.807, 2.05) is 18.2 Å². The first-order valence-electron chi connectivity index (χ1n) is 12.6. The third kappa shape index (κ3) is 5.54. The molecule has 1 unspecified atom stereocenters. The second-order valence-corrected chi connectivity index (χ2v) is 9.49. The van der Waals surface area contributed by atoms with Gasteiger partial charge in [-0.15, -0.1) is 0 Å². The lowest BCUT2D eigenvalue weighted by Gasteiger charge is -2.34. The normalized spacial score (nSPS) is 18.8. The number of carbonyl (C=O) groups excluding carboxylic acids is 2. The fourth-order valence-electron chi connectivity index (χ4n) is 5.27. The largest absolute Gasteiger partial charge is 0.496 e. The molecule has 0 N–H and O–H groups in total. The maximum atomic E-state index is 13.9. The predicted octanol–water partition coefficient (Wildman–Crippen LogP) is 2.99. The quantitative estimate of drug-likeness (QED) is 0.576. The molecule has 1 aromatic heterocycles. The Morgan fingerprint density at radius 3 is 2.56 bits per heavy atom. The molecule has 1 amide bonds. The van der Waals surface area contributed by atoms with Crippen LogP contribution < -0.4 is 10.3 Å². The molecular formula is C28H35N3O5. The van der Waals surface area contributed by atoms with Crippen molar-refractivity contribution in [3.8, 4) is 5.75 Å². The number of amides is 1. The zero-order valence-electron chi connectivity index (χ0n) is 21.4. The van der Waals surface area contributed by atoms with Gasteiger partial charge in [-0.2, -0.15) is 0 Å². The van der Waals surface area contributed by atoms with Crippen molar-refractivity contribution in [3.63, 3.8) is 0 Å². The van der Waals surface area contributed by atoms with Gasteiger partial charge in [0.25, 0.3) is 11.5 Å². The van der Waals surface area contributed by atoms with Gasteiger partial charge in [-0.3, -0.25) is 14.5 Å². The van der Waals surface area contributed by atoms with Crippen molar-refractivity contribution in [2.45, 2.75) is 45.2 Å². The second-order valence-electron chi connectivity index (χ2n) is 9.49. The molecule has 36 heavy (non-hydrogen) atoms. The molecule has 8 nitrogen and oxygen atoms in total. The van der Waals surface area contributed by atoms with Crippen LogP contribution >= 0.6 is 0 Å². The molecule has 2 aromatic rings. The monoisotopic (exact) mass is 493 g/mol. The van der Waals surface area contributed by atoms with Crippen molar-refractivity contribution in [2.75, 3.05) is 40.4 Å². The molecule has 0 radical (unpaired) electrons. The van der Waals surface area contributed by atoms with Crippen molar-refractivity contribution in [3.05, 3.63) is 69.1 Å². The number of carbonyl (C=O) groups is 2. The lowest BCUT2D eigenvalue weighted by Crippen LogP contribution is -2.49. The summed E-state index contributed by atoms with van der Waals surface area (Å²) in [6, 6.07) is 11.0. The Hall–Kier alpha value is -3.39. The summed E-state index contributed by atoms with van der Waals surface area (Å²) in [5, 5.41) is 0. The number of ether oxygens (including phenoxy) is 2. The van der Waals surface area contributed by atoms with Crippen LogP contribution in [0.1, 0.15) is 47.8 Å². The summed E-state index contributed by atoms with van der Waals surface area (Å²) in [5.41, 5.74) is 3.25. The summed E-state index contributed by atoms with van der Waals surface area (Å²) in [7, 11) is 2.81. The number of fused-ring (bicyclic) bond motifs is 1. The van der Waals surface area contributed by atoms with E-state index in [9.17, 15) is 14.4 Å². The number of aromatic nitrogens is 1. The van der Waals surface area contributed by atoms with Gasteiger partial charge in [0.1, 0.15) is 17.4 Å². The van der Waals surface area contributed by atoms with Gasteiger partial charge in [0, 0.05) is 50.9 Å². The van der Waals surface area contributed by atoms with E-state index in [4.69, 9.17) is 9.47 Å². The standard InChI is InChI=1S/C28H35N3O5/c1-20(17-21-9-5-4-6-10-21)19-29-14-12-22-26(24(35-2)18-25(32)30(22)16-15-29)27(33)31-13-8-7-11-23(31)28(34)36-3/h4-6,9-10,17-18,23H,7-8,11-16,19H2,1-3H3. The average Bonchev–Trinajstić information content (AvgIpc) is 3.11. The Balaban J connectivity index is 1.61. The first-order chi connectivity index (χ1) is 17.4. The summed E-state index contributed by atoms with van der Waals surface area (Å²) in [5.74, 6) is -0.425.